The zero-order valence-corrected chi connectivity index (χ0v) is 15.8. The Hall–Kier alpha value is -3.06. The van der Waals surface area contributed by atoms with Gasteiger partial charge in [-0.3, -0.25) is 5.10 Å². The monoisotopic (exact) mass is 378 g/mol. The van der Waals surface area contributed by atoms with Gasteiger partial charge >= 0.3 is 0 Å². The number of aromatic amines is 1. The number of ether oxygens (including phenoxy) is 1. The van der Waals surface area contributed by atoms with Crippen LogP contribution in [-0.4, -0.2) is 27.3 Å². The van der Waals surface area contributed by atoms with E-state index in [2.05, 4.69) is 20.2 Å². The topological polar surface area (TPSA) is 76.8 Å². The standard InChI is InChI=1S/C20H18N4O2S/c1-13-17(21-19(26-13)15-6-4-3-5-7-15)12-27-20-22-18(23-24-20)14-8-10-16(25-2)11-9-14/h3-11H,12H2,1-2H3,(H,22,23,24). The molecule has 2 aromatic carbocycles. The fourth-order valence-electron chi connectivity index (χ4n) is 2.59. The molecule has 0 amide bonds. The molecule has 27 heavy (non-hydrogen) atoms. The van der Waals surface area contributed by atoms with E-state index in [0.717, 1.165) is 34.2 Å². The van der Waals surface area contributed by atoms with E-state index in [-0.39, 0.29) is 0 Å². The third-order valence-electron chi connectivity index (χ3n) is 4.08. The summed E-state index contributed by atoms with van der Waals surface area (Å²) in [7, 11) is 1.65. The smallest absolute Gasteiger partial charge is 0.226 e. The molecule has 0 atom stereocenters. The summed E-state index contributed by atoms with van der Waals surface area (Å²) in [5.41, 5.74) is 2.82. The minimum absolute atomic E-state index is 0.637. The van der Waals surface area contributed by atoms with Gasteiger partial charge in [0, 0.05) is 16.9 Å². The van der Waals surface area contributed by atoms with Gasteiger partial charge in [-0.15, -0.1) is 5.10 Å². The molecule has 0 fully saturated rings. The van der Waals surface area contributed by atoms with Crippen LogP contribution in [0.15, 0.2) is 64.2 Å². The molecular weight excluding hydrogens is 360 g/mol. The lowest BCUT2D eigenvalue weighted by atomic mass is 10.2. The van der Waals surface area contributed by atoms with Gasteiger partial charge in [-0.05, 0) is 43.3 Å². The maximum absolute atomic E-state index is 5.80. The fraction of sp³-hybridized carbons (Fsp3) is 0.150. The Bertz CT molecular complexity index is 1030. The first-order chi connectivity index (χ1) is 13.2. The number of rotatable bonds is 6. The highest BCUT2D eigenvalue weighted by Crippen LogP contribution is 2.27. The molecule has 0 saturated heterocycles. The molecule has 0 saturated carbocycles. The van der Waals surface area contributed by atoms with Crippen LogP contribution in [0.3, 0.4) is 0 Å². The normalized spacial score (nSPS) is 10.9. The lowest BCUT2D eigenvalue weighted by molar-refractivity contribution is 0.415. The first-order valence-electron chi connectivity index (χ1n) is 8.44. The molecule has 0 unspecified atom stereocenters. The number of oxazole rings is 1. The van der Waals surface area contributed by atoms with Crippen molar-refractivity contribution in [3.8, 4) is 28.6 Å². The van der Waals surface area contributed by atoms with Crippen molar-refractivity contribution in [3.63, 3.8) is 0 Å². The molecule has 7 heteroatoms. The van der Waals surface area contributed by atoms with Crippen LogP contribution in [-0.2, 0) is 5.75 Å². The molecule has 4 aromatic rings. The highest BCUT2D eigenvalue weighted by atomic mass is 32.2. The summed E-state index contributed by atoms with van der Waals surface area (Å²) in [4.78, 5) is 9.15. The number of nitrogens with one attached hydrogen (secondary N) is 1. The second kappa shape index (κ2) is 7.67. The van der Waals surface area contributed by atoms with Crippen molar-refractivity contribution in [3.05, 3.63) is 66.1 Å². The number of nitrogens with zero attached hydrogens (tertiary/aromatic N) is 3. The van der Waals surface area contributed by atoms with Crippen LogP contribution >= 0.6 is 11.8 Å². The molecular formula is C20H18N4O2S. The number of benzene rings is 2. The van der Waals surface area contributed by atoms with Crippen LogP contribution in [0, 0.1) is 6.92 Å². The average molecular weight is 378 g/mol. The zero-order chi connectivity index (χ0) is 18.6. The van der Waals surface area contributed by atoms with Gasteiger partial charge in [0.2, 0.25) is 11.0 Å². The van der Waals surface area contributed by atoms with E-state index in [1.165, 1.54) is 11.8 Å². The number of hydrogen-bond acceptors (Lipinski definition) is 6. The minimum Gasteiger partial charge on any atom is -0.497 e. The number of hydrogen-bond donors (Lipinski definition) is 1. The van der Waals surface area contributed by atoms with Crippen LogP contribution < -0.4 is 4.74 Å². The van der Waals surface area contributed by atoms with Gasteiger partial charge in [0.05, 0.1) is 12.8 Å². The van der Waals surface area contributed by atoms with Gasteiger partial charge < -0.3 is 9.15 Å². The highest BCUT2D eigenvalue weighted by Gasteiger charge is 2.13. The number of thioether (sulfide) groups is 1. The number of aryl methyl sites for hydroxylation is 1. The summed E-state index contributed by atoms with van der Waals surface area (Å²) < 4.78 is 11.0. The van der Waals surface area contributed by atoms with Gasteiger partial charge in [0.1, 0.15) is 11.5 Å². The van der Waals surface area contributed by atoms with E-state index in [1.807, 2.05) is 61.5 Å². The largest absolute Gasteiger partial charge is 0.497 e. The van der Waals surface area contributed by atoms with Crippen molar-refractivity contribution < 1.29 is 9.15 Å². The maximum atomic E-state index is 5.80. The van der Waals surface area contributed by atoms with Crippen LogP contribution in [0.2, 0.25) is 0 Å². The van der Waals surface area contributed by atoms with Crippen LogP contribution in [0.1, 0.15) is 11.5 Å². The predicted molar refractivity (Wildman–Crippen MR) is 105 cm³/mol. The Morgan fingerprint density at radius 3 is 2.52 bits per heavy atom. The second-order valence-electron chi connectivity index (χ2n) is 5.87. The lowest BCUT2D eigenvalue weighted by Gasteiger charge is -1.99. The van der Waals surface area contributed by atoms with Crippen molar-refractivity contribution in [1.29, 1.82) is 0 Å². The first-order valence-corrected chi connectivity index (χ1v) is 9.43. The summed E-state index contributed by atoms with van der Waals surface area (Å²) >= 11 is 1.52. The van der Waals surface area contributed by atoms with Gasteiger partial charge in [-0.2, -0.15) is 0 Å². The molecule has 0 aliphatic heterocycles. The van der Waals surface area contributed by atoms with Crippen molar-refractivity contribution >= 4 is 11.8 Å². The SMILES string of the molecule is COc1ccc(-c2nc(SCc3nc(-c4ccccc4)oc3C)n[nH]2)cc1. The number of H-pyrrole nitrogens is 1. The molecule has 0 spiro atoms. The Morgan fingerprint density at radius 2 is 1.78 bits per heavy atom. The third kappa shape index (κ3) is 3.88. The summed E-state index contributed by atoms with van der Waals surface area (Å²) in [5.74, 6) is 3.62. The lowest BCUT2D eigenvalue weighted by Crippen LogP contribution is -1.86. The van der Waals surface area contributed by atoms with Gasteiger partial charge in [-0.1, -0.05) is 30.0 Å². The molecule has 2 heterocycles. The van der Waals surface area contributed by atoms with E-state index in [4.69, 9.17) is 9.15 Å². The van der Waals surface area contributed by atoms with Crippen molar-refractivity contribution in [2.75, 3.05) is 7.11 Å². The van der Waals surface area contributed by atoms with E-state index >= 15 is 0 Å². The fourth-order valence-corrected chi connectivity index (χ4v) is 3.39. The molecule has 136 valence electrons. The quantitative estimate of drug-likeness (QED) is 0.489. The molecule has 0 bridgehead atoms. The third-order valence-corrected chi connectivity index (χ3v) is 4.94. The summed E-state index contributed by atoms with van der Waals surface area (Å²) in [6.07, 6.45) is 0. The molecule has 6 nitrogen and oxygen atoms in total. The van der Waals surface area contributed by atoms with Crippen molar-refractivity contribution in [1.82, 2.24) is 20.2 Å². The molecule has 0 radical (unpaired) electrons. The van der Waals surface area contributed by atoms with Gasteiger partial charge in [0.25, 0.3) is 0 Å². The molecule has 0 aliphatic rings. The summed E-state index contributed by atoms with van der Waals surface area (Å²) in [5, 5.41) is 7.93. The molecule has 0 aliphatic carbocycles. The van der Waals surface area contributed by atoms with E-state index in [9.17, 15) is 0 Å². The van der Waals surface area contributed by atoms with Gasteiger partial charge in [0.15, 0.2) is 5.82 Å². The number of methoxy groups -OCH3 is 1. The van der Waals surface area contributed by atoms with Crippen molar-refractivity contribution in [2.45, 2.75) is 17.8 Å². The summed E-state index contributed by atoms with van der Waals surface area (Å²) in [6, 6.07) is 17.6. The maximum Gasteiger partial charge on any atom is 0.226 e. The van der Waals surface area contributed by atoms with E-state index in [0.29, 0.717) is 16.8 Å². The van der Waals surface area contributed by atoms with Crippen molar-refractivity contribution in [2.24, 2.45) is 0 Å². The Labute approximate surface area is 161 Å². The number of aromatic nitrogens is 4. The average Bonchev–Trinajstić information content (AvgIpc) is 3.34. The first kappa shape index (κ1) is 17.4. The Morgan fingerprint density at radius 1 is 1.00 bits per heavy atom. The van der Waals surface area contributed by atoms with E-state index < -0.39 is 0 Å². The van der Waals surface area contributed by atoms with Crippen LogP contribution in [0.25, 0.3) is 22.8 Å². The Kier molecular flexibility index (Phi) is 4.93. The Balaban J connectivity index is 1.45. The summed E-state index contributed by atoms with van der Waals surface area (Å²) in [6.45, 7) is 1.93. The molecule has 4 rings (SSSR count). The van der Waals surface area contributed by atoms with Crippen LogP contribution in [0.4, 0.5) is 0 Å². The second-order valence-corrected chi connectivity index (χ2v) is 6.81. The highest BCUT2D eigenvalue weighted by molar-refractivity contribution is 7.98. The molecule has 1 N–H and O–H groups in total. The van der Waals surface area contributed by atoms with Crippen LogP contribution in [0.5, 0.6) is 5.75 Å². The van der Waals surface area contributed by atoms with Gasteiger partial charge in [-0.25, -0.2) is 9.97 Å². The zero-order valence-electron chi connectivity index (χ0n) is 15.0. The predicted octanol–water partition coefficient (Wildman–Crippen LogP) is 4.74. The molecule has 2 aromatic heterocycles. The van der Waals surface area contributed by atoms with E-state index in [1.54, 1.807) is 7.11 Å². The minimum atomic E-state index is 0.637.